The predicted octanol–water partition coefficient (Wildman–Crippen LogP) is 17.9. The molecular weight excluding hydrogens is 835 g/mol. The number of nitrogens with zero attached hydrogens (tertiary/aromatic N) is 3. The van der Waals surface area contributed by atoms with Crippen LogP contribution in [0.15, 0.2) is 237 Å². The summed E-state index contributed by atoms with van der Waals surface area (Å²) < 4.78 is 2.45. The summed E-state index contributed by atoms with van der Waals surface area (Å²) in [4.78, 5) is 7.75. The monoisotopic (exact) mass is 879 g/mol. The average Bonchev–Trinajstić information content (AvgIpc) is 3.87. The zero-order chi connectivity index (χ0) is 45.8. The van der Waals surface area contributed by atoms with Crippen molar-refractivity contribution in [3.63, 3.8) is 0 Å². The zero-order valence-electron chi connectivity index (χ0n) is 38.4. The first-order valence-corrected chi connectivity index (χ1v) is 24.0. The Morgan fingerprint density at radius 2 is 0.928 bits per heavy atom. The zero-order valence-corrected chi connectivity index (χ0v) is 38.4. The molecule has 14 rings (SSSR count). The van der Waals surface area contributed by atoms with E-state index in [4.69, 9.17) is 4.98 Å². The molecule has 2 heterocycles. The smallest absolute Gasteiger partial charge is 0.138 e. The van der Waals surface area contributed by atoms with E-state index in [1.54, 1.807) is 0 Å². The molecule has 0 saturated carbocycles. The number of anilines is 3. The van der Waals surface area contributed by atoms with Gasteiger partial charge in [-0.25, -0.2) is 4.98 Å². The molecule has 69 heavy (non-hydrogen) atoms. The van der Waals surface area contributed by atoms with Crippen LogP contribution in [0.5, 0.6) is 0 Å². The number of aromatic nitrogens is 2. The van der Waals surface area contributed by atoms with E-state index in [2.05, 4.69) is 260 Å². The number of fused-ring (bicyclic) bond motifs is 15. The summed E-state index contributed by atoms with van der Waals surface area (Å²) in [6.07, 6.45) is 0. The summed E-state index contributed by atoms with van der Waals surface area (Å²) in [6.45, 7) is 4.89. The molecule has 0 unspecified atom stereocenters. The number of para-hydroxylation sites is 2. The first kappa shape index (κ1) is 39.4. The number of pyridine rings is 1. The van der Waals surface area contributed by atoms with E-state index < -0.39 is 0 Å². The second kappa shape index (κ2) is 15.1. The van der Waals surface area contributed by atoms with Crippen LogP contribution >= 0.6 is 0 Å². The lowest BCUT2D eigenvalue weighted by Gasteiger charge is -2.26. The lowest BCUT2D eigenvalue weighted by atomic mass is 9.78. The molecule has 1 aliphatic carbocycles. The summed E-state index contributed by atoms with van der Waals surface area (Å²) >= 11 is 0. The summed E-state index contributed by atoms with van der Waals surface area (Å²) in [5, 5.41) is 11.4. The molecular formula is C66H45N3. The molecule has 0 N–H and O–H groups in total. The number of hydrogen-bond acceptors (Lipinski definition) is 2. The maximum absolute atomic E-state index is 5.40. The topological polar surface area (TPSA) is 21.1 Å². The van der Waals surface area contributed by atoms with Crippen LogP contribution in [0, 0.1) is 0 Å². The molecule has 0 fully saturated rings. The van der Waals surface area contributed by atoms with Gasteiger partial charge in [0.1, 0.15) is 5.82 Å². The Morgan fingerprint density at radius 3 is 1.70 bits per heavy atom. The van der Waals surface area contributed by atoms with Crippen molar-refractivity contribution in [1.82, 2.24) is 9.55 Å². The molecule has 0 radical (unpaired) electrons. The van der Waals surface area contributed by atoms with Crippen molar-refractivity contribution in [3.8, 4) is 39.2 Å². The fourth-order valence-electron chi connectivity index (χ4n) is 11.8. The maximum Gasteiger partial charge on any atom is 0.138 e. The Bertz CT molecular complexity index is 4170. The molecule has 324 valence electrons. The summed E-state index contributed by atoms with van der Waals surface area (Å²) in [5.41, 5.74) is 16.4. The third kappa shape index (κ3) is 5.97. The molecule has 0 aliphatic heterocycles. The van der Waals surface area contributed by atoms with Gasteiger partial charge in [0.15, 0.2) is 0 Å². The van der Waals surface area contributed by atoms with Crippen molar-refractivity contribution < 1.29 is 0 Å². The normalized spacial score (nSPS) is 12.9. The fourth-order valence-corrected chi connectivity index (χ4v) is 11.8. The maximum atomic E-state index is 5.40. The van der Waals surface area contributed by atoms with Gasteiger partial charge >= 0.3 is 0 Å². The SMILES string of the molecule is CC1(C)c2c(ccc3c4ccccc4c4ccccc4c23)-c2ccc3c4cc(-c5ccc(N(c6ccccc6)c6cccc(-c7ccccc7)c6)cc5)ccc4n(-c4ccc5ccccc5n4)c3c21. The third-order valence-electron chi connectivity index (χ3n) is 14.9. The van der Waals surface area contributed by atoms with Crippen LogP contribution < -0.4 is 4.90 Å². The van der Waals surface area contributed by atoms with Crippen LogP contribution in [-0.4, -0.2) is 9.55 Å². The van der Waals surface area contributed by atoms with Gasteiger partial charge in [-0.2, -0.15) is 0 Å². The summed E-state index contributed by atoms with van der Waals surface area (Å²) in [6, 6.07) is 86.4. The van der Waals surface area contributed by atoms with Crippen LogP contribution in [0.4, 0.5) is 17.1 Å². The van der Waals surface area contributed by atoms with Gasteiger partial charge in [0.2, 0.25) is 0 Å². The molecule has 0 saturated heterocycles. The Kier molecular flexibility index (Phi) is 8.63. The largest absolute Gasteiger partial charge is 0.310 e. The Balaban J connectivity index is 0.957. The van der Waals surface area contributed by atoms with Crippen molar-refractivity contribution in [2.75, 3.05) is 4.90 Å². The first-order chi connectivity index (χ1) is 34.0. The predicted molar refractivity (Wildman–Crippen MR) is 292 cm³/mol. The van der Waals surface area contributed by atoms with Crippen molar-refractivity contribution in [2.45, 2.75) is 19.3 Å². The van der Waals surface area contributed by atoms with Gasteiger partial charge < -0.3 is 4.90 Å². The lowest BCUT2D eigenvalue weighted by molar-refractivity contribution is 0.670. The van der Waals surface area contributed by atoms with E-state index in [9.17, 15) is 0 Å². The summed E-state index contributed by atoms with van der Waals surface area (Å²) in [5.74, 6) is 0.921. The van der Waals surface area contributed by atoms with Crippen molar-refractivity contribution in [3.05, 3.63) is 248 Å². The van der Waals surface area contributed by atoms with E-state index in [1.165, 1.54) is 87.6 Å². The Morgan fingerprint density at radius 1 is 0.377 bits per heavy atom. The average molecular weight is 880 g/mol. The van der Waals surface area contributed by atoms with E-state index in [1.807, 2.05) is 0 Å². The highest BCUT2D eigenvalue weighted by Crippen LogP contribution is 2.57. The van der Waals surface area contributed by atoms with E-state index in [-0.39, 0.29) is 5.41 Å². The molecule has 11 aromatic carbocycles. The highest BCUT2D eigenvalue weighted by atomic mass is 15.1. The minimum atomic E-state index is -0.345. The molecule has 0 bridgehead atoms. The molecule has 13 aromatic rings. The highest BCUT2D eigenvalue weighted by Gasteiger charge is 2.40. The van der Waals surface area contributed by atoms with Crippen molar-refractivity contribution in [1.29, 1.82) is 0 Å². The number of rotatable bonds is 6. The lowest BCUT2D eigenvalue weighted by Crippen LogP contribution is -2.17. The minimum absolute atomic E-state index is 0.345. The van der Waals surface area contributed by atoms with E-state index in [0.717, 1.165) is 44.9 Å². The Labute approximate surface area is 400 Å². The van der Waals surface area contributed by atoms with Crippen LogP contribution in [0.25, 0.3) is 104 Å². The quantitative estimate of drug-likeness (QED) is 0.155. The molecule has 3 nitrogen and oxygen atoms in total. The molecule has 1 aliphatic rings. The first-order valence-electron chi connectivity index (χ1n) is 24.0. The highest BCUT2D eigenvalue weighted by molar-refractivity contribution is 6.28. The molecule has 0 amide bonds. The van der Waals surface area contributed by atoms with Crippen LogP contribution in [-0.2, 0) is 5.41 Å². The molecule has 3 heteroatoms. The van der Waals surface area contributed by atoms with Gasteiger partial charge in [-0.15, -0.1) is 0 Å². The van der Waals surface area contributed by atoms with Crippen molar-refractivity contribution in [2.24, 2.45) is 0 Å². The van der Waals surface area contributed by atoms with E-state index in [0.29, 0.717) is 0 Å². The van der Waals surface area contributed by atoms with Gasteiger partial charge in [0, 0.05) is 38.6 Å². The minimum Gasteiger partial charge on any atom is -0.310 e. The van der Waals surface area contributed by atoms with Gasteiger partial charge in [0.25, 0.3) is 0 Å². The van der Waals surface area contributed by atoms with Gasteiger partial charge in [-0.1, -0.05) is 184 Å². The van der Waals surface area contributed by atoms with Crippen molar-refractivity contribution >= 4 is 82.1 Å². The molecule has 2 aromatic heterocycles. The van der Waals surface area contributed by atoms with Crippen LogP contribution in [0.3, 0.4) is 0 Å². The van der Waals surface area contributed by atoms with Gasteiger partial charge in [-0.05, 0) is 144 Å². The summed E-state index contributed by atoms with van der Waals surface area (Å²) in [7, 11) is 0. The Hall–Kier alpha value is -8.79. The van der Waals surface area contributed by atoms with Crippen LogP contribution in [0.1, 0.15) is 25.0 Å². The molecule has 0 spiro atoms. The standard InChI is InChI=1S/C66H45N3/c1-66(2)63-55(35-34-54-52-25-11-10-23-50(52)51-24-12-13-26-53(51)62(54)63)56-36-37-57-58-41-46(30-38-60(58)69(65(57)64(56)66)61-39-31-44-18-9-14-27-59(44)67-61)43-28-32-48(33-29-43)68(47-20-7-4-8-21-47)49-22-15-19-45(40-49)42-16-5-3-6-17-42/h3-41H,1-2H3. The number of benzene rings is 11. The number of hydrogen-bond donors (Lipinski definition) is 0. The van der Waals surface area contributed by atoms with Crippen LogP contribution in [0.2, 0.25) is 0 Å². The second-order valence-corrected chi connectivity index (χ2v) is 19.1. The van der Waals surface area contributed by atoms with Gasteiger partial charge in [-0.3, -0.25) is 4.57 Å². The fraction of sp³-hybridized carbons (Fsp3) is 0.0455. The second-order valence-electron chi connectivity index (χ2n) is 19.1. The third-order valence-corrected chi connectivity index (χ3v) is 14.9. The van der Waals surface area contributed by atoms with Gasteiger partial charge in [0.05, 0.1) is 16.6 Å². The van der Waals surface area contributed by atoms with E-state index >= 15 is 0 Å². The molecule has 0 atom stereocenters.